The van der Waals surface area contributed by atoms with Crippen LogP contribution in [0.15, 0.2) is 29.3 Å². The molecule has 1 heterocycles. The van der Waals surface area contributed by atoms with E-state index < -0.39 is 0 Å². The molecule has 6 nitrogen and oxygen atoms in total. The van der Waals surface area contributed by atoms with E-state index in [0.717, 1.165) is 62.5 Å². The van der Waals surface area contributed by atoms with Crippen molar-refractivity contribution in [2.45, 2.75) is 32.7 Å². The van der Waals surface area contributed by atoms with Crippen LogP contribution in [0.2, 0.25) is 0 Å². The first-order valence-electron chi connectivity index (χ1n) is 9.60. The topological polar surface area (TPSA) is 54.7 Å². The standard InChI is InChI=1S/C20H31N5O.HI/c1-16-23-18-7-4-5-8-19(18)25(16)12-6-11-22-20(21-2)24(3)13-14-26-15-17-9-10-17;/h4-5,7-8,17H,6,9-15H2,1-3H3,(H,21,22);1H. The van der Waals surface area contributed by atoms with Gasteiger partial charge in [-0.3, -0.25) is 4.99 Å². The fourth-order valence-electron chi connectivity index (χ4n) is 3.14. The molecule has 1 aliphatic rings. The van der Waals surface area contributed by atoms with Gasteiger partial charge in [-0.2, -0.15) is 0 Å². The Labute approximate surface area is 179 Å². The van der Waals surface area contributed by atoms with E-state index in [-0.39, 0.29) is 24.0 Å². The molecule has 0 amide bonds. The Hall–Kier alpha value is -1.35. The highest BCUT2D eigenvalue weighted by Crippen LogP contribution is 2.28. The number of guanidine groups is 1. The average Bonchev–Trinajstić information content (AvgIpc) is 3.41. The predicted molar refractivity (Wildman–Crippen MR) is 122 cm³/mol. The van der Waals surface area contributed by atoms with Crippen LogP contribution in [-0.2, 0) is 11.3 Å². The zero-order valence-electron chi connectivity index (χ0n) is 16.6. The number of benzene rings is 1. The van der Waals surface area contributed by atoms with Crippen molar-refractivity contribution in [1.82, 2.24) is 19.8 Å². The molecular formula is C20H32IN5O. The van der Waals surface area contributed by atoms with Crippen LogP contribution in [0.4, 0.5) is 0 Å². The van der Waals surface area contributed by atoms with Gasteiger partial charge in [0.2, 0.25) is 0 Å². The summed E-state index contributed by atoms with van der Waals surface area (Å²) in [7, 11) is 3.89. The number of nitrogens with one attached hydrogen (secondary N) is 1. The molecule has 27 heavy (non-hydrogen) atoms. The van der Waals surface area contributed by atoms with Gasteiger partial charge >= 0.3 is 0 Å². The summed E-state index contributed by atoms with van der Waals surface area (Å²) < 4.78 is 8.00. The molecule has 1 N–H and O–H groups in total. The summed E-state index contributed by atoms with van der Waals surface area (Å²) in [5, 5.41) is 3.45. The third-order valence-corrected chi connectivity index (χ3v) is 4.88. The van der Waals surface area contributed by atoms with Gasteiger partial charge in [-0.25, -0.2) is 4.98 Å². The van der Waals surface area contributed by atoms with Gasteiger partial charge in [0.1, 0.15) is 5.82 Å². The number of aryl methyl sites for hydroxylation is 2. The molecule has 0 atom stereocenters. The molecule has 0 radical (unpaired) electrons. The second-order valence-electron chi connectivity index (χ2n) is 7.07. The number of aliphatic imine (C=N–C) groups is 1. The number of rotatable bonds is 9. The van der Waals surface area contributed by atoms with E-state index in [0.29, 0.717) is 0 Å². The van der Waals surface area contributed by atoms with E-state index in [1.807, 2.05) is 13.1 Å². The fourth-order valence-corrected chi connectivity index (χ4v) is 3.14. The van der Waals surface area contributed by atoms with E-state index >= 15 is 0 Å². The van der Waals surface area contributed by atoms with Gasteiger partial charge in [-0.15, -0.1) is 24.0 Å². The quantitative estimate of drug-likeness (QED) is 0.257. The Morgan fingerprint density at radius 2 is 2.15 bits per heavy atom. The molecule has 1 saturated carbocycles. The van der Waals surface area contributed by atoms with Crippen LogP contribution >= 0.6 is 24.0 Å². The second kappa shape index (κ2) is 10.8. The molecule has 0 aliphatic heterocycles. The van der Waals surface area contributed by atoms with E-state index in [1.165, 1.54) is 18.4 Å². The van der Waals surface area contributed by atoms with Crippen LogP contribution in [0.25, 0.3) is 11.0 Å². The van der Waals surface area contributed by atoms with E-state index in [2.05, 4.69) is 56.9 Å². The minimum absolute atomic E-state index is 0. The number of hydrogen-bond acceptors (Lipinski definition) is 3. The van der Waals surface area contributed by atoms with Gasteiger partial charge in [0.05, 0.1) is 17.6 Å². The normalized spacial score (nSPS) is 14.3. The van der Waals surface area contributed by atoms with E-state index in [9.17, 15) is 0 Å². The van der Waals surface area contributed by atoms with Crippen LogP contribution in [0.1, 0.15) is 25.1 Å². The highest BCUT2D eigenvalue weighted by molar-refractivity contribution is 14.0. The number of imidazole rings is 1. The molecule has 150 valence electrons. The number of nitrogens with zero attached hydrogens (tertiary/aromatic N) is 4. The van der Waals surface area contributed by atoms with Crippen molar-refractivity contribution < 1.29 is 4.74 Å². The van der Waals surface area contributed by atoms with Crippen LogP contribution in [0.3, 0.4) is 0 Å². The minimum atomic E-state index is 0. The van der Waals surface area contributed by atoms with Gasteiger partial charge in [0.15, 0.2) is 5.96 Å². The molecule has 1 aromatic heterocycles. The van der Waals surface area contributed by atoms with Gasteiger partial charge in [0.25, 0.3) is 0 Å². The van der Waals surface area contributed by atoms with E-state index in [1.54, 1.807) is 0 Å². The second-order valence-corrected chi connectivity index (χ2v) is 7.07. The van der Waals surface area contributed by atoms with Crippen molar-refractivity contribution >= 4 is 41.0 Å². The van der Waals surface area contributed by atoms with Gasteiger partial charge in [0, 0.05) is 40.3 Å². The monoisotopic (exact) mass is 485 g/mol. The van der Waals surface area contributed by atoms with Crippen molar-refractivity contribution in [1.29, 1.82) is 0 Å². The first-order valence-corrected chi connectivity index (χ1v) is 9.60. The zero-order chi connectivity index (χ0) is 18.4. The van der Waals surface area contributed by atoms with Crippen LogP contribution in [0, 0.1) is 12.8 Å². The molecule has 0 unspecified atom stereocenters. The summed E-state index contributed by atoms with van der Waals surface area (Å²) in [4.78, 5) is 11.1. The maximum Gasteiger partial charge on any atom is 0.193 e. The van der Waals surface area contributed by atoms with Crippen molar-refractivity contribution in [3.05, 3.63) is 30.1 Å². The summed E-state index contributed by atoms with van der Waals surface area (Å²) in [6, 6.07) is 8.31. The van der Waals surface area contributed by atoms with Crippen LogP contribution in [0.5, 0.6) is 0 Å². The third kappa shape index (κ3) is 6.34. The molecule has 1 fully saturated rings. The molecule has 1 aromatic carbocycles. The number of ether oxygens (including phenoxy) is 1. The van der Waals surface area contributed by atoms with Gasteiger partial charge in [-0.05, 0) is 44.2 Å². The summed E-state index contributed by atoms with van der Waals surface area (Å²) >= 11 is 0. The predicted octanol–water partition coefficient (Wildman–Crippen LogP) is 3.29. The lowest BCUT2D eigenvalue weighted by Crippen LogP contribution is -2.41. The third-order valence-electron chi connectivity index (χ3n) is 4.88. The molecule has 1 aliphatic carbocycles. The van der Waals surface area contributed by atoms with Crippen LogP contribution in [-0.4, -0.2) is 60.8 Å². The Kier molecular flexibility index (Phi) is 8.82. The lowest BCUT2D eigenvalue weighted by Gasteiger charge is -2.22. The molecule has 7 heteroatoms. The highest BCUT2D eigenvalue weighted by Gasteiger charge is 2.21. The first-order chi connectivity index (χ1) is 12.7. The lowest BCUT2D eigenvalue weighted by atomic mass is 10.3. The van der Waals surface area contributed by atoms with Crippen molar-refractivity contribution in [3.63, 3.8) is 0 Å². The maximum absolute atomic E-state index is 5.72. The van der Waals surface area contributed by atoms with Crippen LogP contribution < -0.4 is 5.32 Å². The number of fused-ring (bicyclic) bond motifs is 1. The Morgan fingerprint density at radius 1 is 1.37 bits per heavy atom. The highest BCUT2D eigenvalue weighted by atomic mass is 127. The van der Waals surface area contributed by atoms with Crippen molar-refractivity contribution in [3.8, 4) is 0 Å². The molecule has 0 bridgehead atoms. The Morgan fingerprint density at radius 3 is 2.89 bits per heavy atom. The summed E-state index contributed by atoms with van der Waals surface area (Å²) in [6.45, 7) is 6.43. The summed E-state index contributed by atoms with van der Waals surface area (Å²) in [5.74, 6) is 2.81. The SMILES string of the molecule is CN=C(NCCCn1c(C)nc2ccccc21)N(C)CCOCC1CC1.I. The Balaban J connectivity index is 0.00000261. The zero-order valence-corrected chi connectivity index (χ0v) is 19.0. The Bertz CT molecular complexity index is 741. The van der Waals surface area contributed by atoms with E-state index in [4.69, 9.17) is 4.74 Å². The average molecular weight is 485 g/mol. The first kappa shape index (κ1) is 21.9. The molecule has 3 rings (SSSR count). The summed E-state index contributed by atoms with van der Waals surface area (Å²) in [6.07, 6.45) is 3.70. The number of likely N-dealkylation sites (N-methyl/N-ethyl adjacent to an activating group) is 1. The van der Waals surface area contributed by atoms with Gasteiger partial charge in [-0.1, -0.05) is 12.1 Å². The lowest BCUT2D eigenvalue weighted by molar-refractivity contribution is 0.115. The smallest absolute Gasteiger partial charge is 0.193 e. The molecule has 0 saturated heterocycles. The fraction of sp³-hybridized carbons (Fsp3) is 0.600. The maximum atomic E-state index is 5.72. The largest absolute Gasteiger partial charge is 0.379 e. The van der Waals surface area contributed by atoms with Crippen molar-refractivity contribution in [2.75, 3.05) is 40.4 Å². The van der Waals surface area contributed by atoms with Gasteiger partial charge < -0.3 is 19.5 Å². The number of hydrogen-bond donors (Lipinski definition) is 1. The molecule has 0 spiro atoms. The number of halogens is 1. The molecular weight excluding hydrogens is 453 g/mol. The summed E-state index contributed by atoms with van der Waals surface area (Å²) in [5.41, 5.74) is 2.28. The number of aromatic nitrogens is 2. The number of para-hydroxylation sites is 2. The molecule has 2 aromatic rings. The minimum Gasteiger partial charge on any atom is -0.379 e. The van der Waals surface area contributed by atoms with Crippen molar-refractivity contribution in [2.24, 2.45) is 10.9 Å².